The van der Waals surface area contributed by atoms with Crippen LogP contribution in [0.2, 0.25) is 0 Å². The number of anilines is 2. The van der Waals surface area contributed by atoms with Crippen molar-refractivity contribution >= 4 is 44.1 Å². The number of benzene rings is 1. The van der Waals surface area contributed by atoms with Gasteiger partial charge in [-0.2, -0.15) is 0 Å². The highest BCUT2D eigenvalue weighted by Crippen LogP contribution is 2.30. The lowest BCUT2D eigenvalue weighted by Crippen LogP contribution is -2.06. The van der Waals surface area contributed by atoms with E-state index in [1.54, 1.807) is 6.92 Å². The van der Waals surface area contributed by atoms with E-state index in [1.807, 2.05) is 32.0 Å². The van der Waals surface area contributed by atoms with Crippen molar-refractivity contribution in [3.8, 4) is 0 Å². The molecule has 0 spiro atoms. The molecule has 0 saturated heterocycles. The molecule has 0 bridgehead atoms. The molecule has 0 aliphatic rings. The number of carbonyl (C=O) groups is 1. The van der Waals surface area contributed by atoms with Crippen LogP contribution in [-0.4, -0.2) is 17.6 Å². The number of rotatable bonds is 4. The predicted molar refractivity (Wildman–Crippen MR) is 85.0 cm³/mol. The van der Waals surface area contributed by atoms with Crippen LogP contribution in [0.3, 0.4) is 0 Å². The van der Waals surface area contributed by atoms with Gasteiger partial charge in [0.15, 0.2) is 10.8 Å². The summed E-state index contributed by atoms with van der Waals surface area (Å²) in [6, 6.07) is 5.91. The third-order valence-corrected chi connectivity index (χ3v) is 4.52. The van der Waals surface area contributed by atoms with Gasteiger partial charge in [-0.05, 0) is 38.5 Å². The first kappa shape index (κ1) is 15.0. The normalized spacial score (nSPS) is 10.4. The maximum atomic E-state index is 11.7. The first-order chi connectivity index (χ1) is 9.52. The Morgan fingerprint density at radius 3 is 2.90 bits per heavy atom. The SMILES string of the molecule is CCOC(=O)c1nc(Nc2cccc(Br)c2C)sc1C. The second kappa shape index (κ2) is 6.37. The molecule has 0 unspecified atom stereocenters. The number of aromatic nitrogens is 1. The van der Waals surface area contributed by atoms with E-state index in [4.69, 9.17) is 4.74 Å². The molecule has 0 aliphatic heterocycles. The smallest absolute Gasteiger partial charge is 0.358 e. The summed E-state index contributed by atoms with van der Waals surface area (Å²) in [5, 5.41) is 3.93. The molecule has 0 saturated carbocycles. The number of ether oxygens (including phenoxy) is 1. The number of nitrogens with one attached hydrogen (secondary N) is 1. The van der Waals surface area contributed by atoms with E-state index in [0.717, 1.165) is 20.6 Å². The Hall–Kier alpha value is -1.40. The average molecular weight is 355 g/mol. The molecule has 0 fully saturated rings. The van der Waals surface area contributed by atoms with Gasteiger partial charge in [-0.3, -0.25) is 0 Å². The fourth-order valence-corrected chi connectivity index (χ4v) is 2.88. The fraction of sp³-hybridized carbons (Fsp3) is 0.286. The Bertz CT molecular complexity index is 640. The predicted octanol–water partition coefficient (Wildman–Crippen LogP) is 4.44. The van der Waals surface area contributed by atoms with Gasteiger partial charge in [0, 0.05) is 15.0 Å². The molecule has 1 aromatic heterocycles. The summed E-state index contributed by atoms with van der Waals surface area (Å²) in [6.45, 7) is 6.01. The van der Waals surface area contributed by atoms with Crippen molar-refractivity contribution < 1.29 is 9.53 Å². The second-order valence-electron chi connectivity index (χ2n) is 4.18. The third kappa shape index (κ3) is 3.19. The van der Waals surface area contributed by atoms with Crippen molar-refractivity contribution in [3.05, 3.63) is 38.8 Å². The molecule has 0 atom stereocenters. The Labute approximate surface area is 130 Å². The second-order valence-corrected chi connectivity index (χ2v) is 6.24. The molecule has 2 aromatic rings. The van der Waals surface area contributed by atoms with E-state index in [9.17, 15) is 4.79 Å². The van der Waals surface area contributed by atoms with Gasteiger partial charge in [0.25, 0.3) is 0 Å². The van der Waals surface area contributed by atoms with Gasteiger partial charge in [-0.1, -0.05) is 22.0 Å². The molecule has 20 heavy (non-hydrogen) atoms. The Morgan fingerprint density at radius 2 is 2.20 bits per heavy atom. The number of hydrogen-bond acceptors (Lipinski definition) is 5. The number of nitrogens with zero attached hydrogens (tertiary/aromatic N) is 1. The van der Waals surface area contributed by atoms with E-state index < -0.39 is 0 Å². The summed E-state index contributed by atoms with van der Waals surface area (Å²) in [4.78, 5) is 16.9. The van der Waals surface area contributed by atoms with Crippen molar-refractivity contribution in [1.29, 1.82) is 0 Å². The molecule has 6 heteroatoms. The highest BCUT2D eigenvalue weighted by molar-refractivity contribution is 9.10. The van der Waals surface area contributed by atoms with Crippen LogP contribution in [0.25, 0.3) is 0 Å². The van der Waals surface area contributed by atoms with Crippen LogP contribution < -0.4 is 5.32 Å². The molecule has 106 valence electrons. The average Bonchev–Trinajstić information content (AvgIpc) is 2.76. The number of thiazole rings is 1. The minimum Gasteiger partial charge on any atom is -0.461 e. The van der Waals surface area contributed by atoms with E-state index >= 15 is 0 Å². The van der Waals surface area contributed by atoms with Crippen molar-refractivity contribution in [2.75, 3.05) is 11.9 Å². The topological polar surface area (TPSA) is 51.2 Å². The minimum absolute atomic E-state index is 0.350. The maximum absolute atomic E-state index is 11.7. The van der Waals surface area contributed by atoms with Crippen LogP contribution in [0.4, 0.5) is 10.8 Å². The van der Waals surface area contributed by atoms with Crippen LogP contribution in [0.5, 0.6) is 0 Å². The molecular formula is C14H15BrN2O2S. The van der Waals surface area contributed by atoms with Gasteiger partial charge >= 0.3 is 5.97 Å². The van der Waals surface area contributed by atoms with E-state index in [2.05, 4.69) is 26.2 Å². The molecule has 4 nitrogen and oxygen atoms in total. The number of halogens is 1. The Morgan fingerprint density at radius 1 is 1.45 bits per heavy atom. The highest BCUT2D eigenvalue weighted by atomic mass is 79.9. The zero-order chi connectivity index (χ0) is 14.7. The van der Waals surface area contributed by atoms with Gasteiger partial charge in [-0.15, -0.1) is 11.3 Å². The highest BCUT2D eigenvalue weighted by Gasteiger charge is 2.16. The summed E-state index contributed by atoms with van der Waals surface area (Å²) in [7, 11) is 0. The summed E-state index contributed by atoms with van der Waals surface area (Å²) in [5.41, 5.74) is 2.44. The molecule has 0 aliphatic carbocycles. The Balaban J connectivity index is 2.25. The lowest BCUT2D eigenvalue weighted by molar-refractivity contribution is 0.0519. The summed E-state index contributed by atoms with van der Waals surface area (Å²) in [6.07, 6.45) is 0. The first-order valence-corrected chi connectivity index (χ1v) is 7.80. The minimum atomic E-state index is -0.375. The van der Waals surface area contributed by atoms with Crippen molar-refractivity contribution in [2.24, 2.45) is 0 Å². The third-order valence-electron chi connectivity index (χ3n) is 2.77. The van der Waals surface area contributed by atoms with E-state index in [-0.39, 0.29) is 5.97 Å². The number of hydrogen-bond donors (Lipinski definition) is 1. The van der Waals surface area contributed by atoms with Crippen molar-refractivity contribution in [3.63, 3.8) is 0 Å². The number of aryl methyl sites for hydroxylation is 1. The van der Waals surface area contributed by atoms with Crippen LogP contribution in [0.15, 0.2) is 22.7 Å². The van der Waals surface area contributed by atoms with Gasteiger partial charge in [0.2, 0.25) is 0 Å². The molecule has 1 N–H and O–H groups in total. The largest absolute Gasteiger partial charge is 0.461 e. The molecule has 1 aromatic carbocycles. The van der Waals surface area contributed by atoms with Gasteiger partial charge in [-0.25, -0.2) is 9.78 Å². The maximum Gasteiger partial charge on any atom is 0.358 e. The van der Waals surface area contributed by atoms with Crippen molar-refractivity contribution in [1.82, 2.24) is 4.98 Å². The lowest BCUT2D eigenvalue weighted by Gasteiger charge is -2.07. The van der Waals surface area contributed by atoms with Crippen LogP contribution in [0.1, 0.15) is 27.9 Å². The van der Waals surface area contributed by atoms with Crippen molar-refractivity contribution in [2.45, 2.75) is 20.8 Å². The molecule has 0 amide bonds. The van der Waals surface area contributed by atoms with E-state index in [1.165, 1.54) is 11.3 Å². The van der Waals surface area contributed by atoms with Gasteiger partial charge < -0.3 is 10.1 Å². The standard InChI is InChI=1S/C14H15BrN2O2S/c1-4-19-13(18)12-9(3)20-14(17-12)16-11-7-5-6-10(15)8(11)2/h5-7H,4H2,1-3H3,(H,16,17). The zero-order valence-electron chi connectivity index (χ0n) is 11.5. The first-order valence-electron chi connectivity index (χ1n) is 6.19. The van der Waals surface area contributed by atoms with Crippen LogP contribution in [-0.2, 0) is 4.74 Å². The zero-order valence-corrected chi connectivity index (χ0v) is 13.9. The summed E-state index contributed by atoms with van der Waals surface area (Å²) >= 11 is 4.93. The molecular weight excluding hydrogens is 340 g/mol. The van der Waals surface area contributed by atoms with E-state index in [0.29, 0.717) is 17.4 Å². The summed E-state index contributed by atoms with van der Waals surface area (Å²) in [5.74, 6) is -0.375. The molecule has 1 heterocycles. The fourth-order valence-electron chi connectivity index (χ4n) is 1.70. The monoisotopic (exact) mass is 354 g/mol. The summed E-state index contributed by atoms with van der Waals surface area (Å²) < 4.78 is 6.01. The molecule has 2 rings (SSSR count). The van der Waals surface area contributed by atoms with Crippen LogP contribution in [0, 0.1) is 13.8 Å². The lowest BCUT2D eigenvalue weighted by atomic mass is 10.2. The number of esters is 1. The van der Waals surface area contributed by atoms with Gasteiger partial charge in [0.05, 0.1) is 6.61 Å². The molecule has 0 radical (unpaired) electrons. The quantitative estimate of drug-likeness (QED) is 0.824. The van der Waals surface area contributed by atoms with Gasteiger partial charge in [0.1, 0.15) is 0 Å². The van der Waals surface area contributed by atoms with Crippen LogP contribution >= 0.6 is 27.3 Å². The Kier molecular flexibility index (Phi) is 4.77. The number of carbonyl (C=O) groups excluding carboxylic acids is 1.